The Labute approximate surface area is 224 Å². The maximum atomic E-state index is 13.4. The van der Waals surface area contributed by atoms with Crippen molar-refractivity contribution in [1.82, 2.24) is 0 Å². The van der Waals surface area contributed by atoms with Crippen LogP contribution in [-0.2, 0) is 14.3 Å². The van der Waals surface area contributed by atoms with Crippen molar-refractivity contribution < 1.29 is 28.6 Å². The average molecular weight is 532 g/mol. The van der Waals surface area contributed by atoms with E-state index in [-0.39, 0.29) is 23.3 Å². The number of hydrogen-bond acceptors (Lipinski definition) is 8. The van der Waals surface area contributed by atoms with Crippen LogP contribution in [0.15, 0.2) is 83.5 Å². The molecular weight excluding hydrogens is 506 g/mol. The number of amides is 2. The van der Waals surface area contributed by atoms with Crippen LogP contribution >= 0.6 is 11.8 Å². The molecule has 4 rings (SSSR count). The van der Waals surface area contributed by atoms with Crippen molar-refractivity contribution in [3.63, 3.8) is 0 Å². The van der Waals surface area contributed by atoms with Crippen molar-refractivity contribution in [2.24, 2.45) is 4.99 Å². The molecule has 2 amide bonds. The van der Waals surface area contributed by atoms with E-state index in [0.29, 0.717) is 33.6 Å². The number of rotatable bonds is 8. The van der Waals surface area contributed by atoms with Gasteiger partial charge in [-0.05, 0) is 72.3 Å². The molecule has 0 saturated heterocycles. The molecular formula is C28H25N3O6S. The second-order valence-electron chi connectivity index (χ2n) is 7.94. The molecule has 0 atom stereocenters. The van der Waals surface area contributed by atoms with E-state index in [4.69, 9.17) is 9.47 Å². The lowest BCUT2D eigenvalue weighted by molar-refractivity contribution is -0.114. The molecule has 0 aromatic heterocycles. The molecule has 0 radical (unpaired) electrons. The highest BCUT2D eigenvalue weighted by Gasteiger charge is 2.32. The van der Waals surface area contributed by atoms with E-state index >= 15 is 0 Å². The summed E-state index contributed by atoms with van der Waals surface area (Å²) in [6.45, 7) is 0. The standard InChI is InChI=1S/C28H25N3O6S/c1-35-22-12-4-18(5-13-22)16-24-26(33)31(21-10-14-23(36-2)15-11-21)28(30-24)38-17-25(32)29-20-8-6-19(7-9-20)27(34)37-3/h4-16H,17H2,1-3H3,(H,29,32)/b24-16-. The third-order valence-corrected chi connectivity index (χ3v) is 6.44. The SMILES string of the molecule is COC(=O)c1ccc(NC(=O)CSC2=N/C(=C\c3ccc(OC)cc3)C(=O)N2c2ccc(OC)cc2)cc1. The fourth-order valence-electron chi connectivity index (χ4n) is 3.54. The number of esters is 1. The van der Waals surface area contributed by atoms with Gasteiger partial charge in [-0.1, -0.05) is 23.9 Å². The van der Waals surface area contributed by atoms with E-state index in [1.165, 1.54) is 12.0 Å². The first-order valence-corrected chi connectivity index (χ1v) is 12.4. The number of nitrogens with zero attached hydrogens (tertiary/aromatic N) is 2. The lowest BCUT2D eigenvalue weighted by atomic mass is 10.2. The molecule has 0 spiro atoms. The summed E-state index contributed by atoms with van der Waals surface area (Å²) in [5, 5.41) is 3.15. The van der Waals surface area contributed by atoms with Gasteiger partial charge in [-0.2, -0.15) is 0 Å². The van der Waals surface area contributed by atoms with Crippen molar-refractivity contribution in [1.29, 1.82) is 0 Å². The average Bonchev–Trinajstić information content (AvgIpc) is 3.26. The predicted octanol–water partition coefficient (Wildman–Crippen LogP) is 4.61. The summed E-state index contributed by atoms with van der Waals surface area (Å²) in [6.07, 6.45) is 1.69. The maximum Gasteiger partial charge on any atom is 0.337 e. The van der Waals surface area contributed by atoms with E-state index in [0.717, 1.165) is 17.3 Å². The number of aliphatic imine (C=N–C) groups is 1. The summed E-state index contributed by atoms with van der Waals surface area (Å²) in [6, 6.07) is 20.6. The van der Waals surface area contributed by atoms with Gasteiger partial charge in [-0.3, -0.25) is 14.5 Å². The molecule has 0 fully saturated rings. The molecule has 0 aliphatic carbocycles. The van der Waals surface area contributed by atoms with Gasteiger partial charge < -0.3 is 19.5 Å². The minimum atomic E-state index is -0.459. The third-order valence-electron chi connectivity index (χ3n) is 5.50. The summed E-state index contributed by atoms with van der Waals surface area (Å²) in [4.78, 5) is 43.7. The summed E-state index contributed by atoms with van der Waals surface area (Å²) < 4.78 is 15.1. The number of anilines is 2. The van der Waals surface area contributed by atoms with Crippen LogP contribution in [0.25, 0.3) is 6.08 Å². The van der Waals surface area contributed by atoms with Crippen LogP contribution in [0.3, 0.4) is 0 Å². The Bertz CT molecular complexity index is 1380. The van der Waals surface area contributed by atoms with Gasteiger partial charge in [0.2, 0.25) is 5.91 Å². The Morgan fingerprint density at radius 3 is 2.08 bits per heavy atom. The summed E-state index contributed by atoms with van der Waals surface area (Å²) >= 11 is 1.14. The topological polar surface area (TPSA) is 107 Å². The van der Waals surface area contributed by atoms with Gasteiger partial charge in [0.05, 0.1) is 38.3 Å². The van der Waals surface area contributed by atoms with Gasteiger partial charge in [-0.15, -0.1) is 0 Å². The van der Waals surface area contributed by atoms with Crippen LogP contribution in [-0.4, -0.2) is 50.0 Å². The van der Waals surface area contributed by atoms with Crippen molar-refractivity contribution >= 4 is 52.2 Å². The lowest BCUT2D eigenvalue weighted by Gasteiger charge is -2.18. The zero-order chi connectivity index (χ0) is 27.1. The molecule has 9 nitrogen and oxygen atoms in total. The summed E-state index contributed by atoms with van der Waals surface area (Å²) in [7, 11) is 4.45. The normalized spacial score (nSPS) is 13.8. The van der Waals surface area contributed by atoms with Gasteiger partial charge in [0.1, 0.15) is 17.2 Å². The molecule has 1 N–H and O–H groups in total. The zero-order valence-electron chi connectivity index (χ0n) is 21.0. The second kappa shape index (κ2) is 12.1. The van der Waals surface area contributed by atoms with E-state index < -0.39 is 5.97 Å². The number of benzene rings is 3. The monoisotopic (exact) mass is 531 g/mol. The zero-order valence-corrected chi connectivity index (χ0v) is 21.8. The Hall–Kier alpha value is -4.57. The van der Waals surface area contributed by atoms with Crippen LogP contribution in [0.2, 0.25) is 0 Å². The Morgan fingerprint density at radius 2 is 1.50 bits per heavy atom. The van der Waals surface area contributed by atoms with Crippen LogP contribution in [0, 0.1) is 0 Å². The first-order valence-electron chi connectivity index (χ1n) is 11.5. The number of carbonyl (C=O) groups excluding carboxylic acids is 3. The highest BCUT2D eigenvalue weighted by Crippen LogP contribution is 2.31. The number of carbonyl (C=O) groups is 3. The number of thioether (sulfide) groups is 1. The van der Waals surface area contributed by atoms with Crippen LogP contribution in [0.4, 0.5) is 11.4 Å². The minimum Gasteiger partial charge on any atom is -0.497 e. The van der Waals surface area contributed by atoms with Gasteiger partial charge in [0.15, 0.2) is 5.17 Å². The molecule has 1 aliphatic rings. The van der Waals surface area contributed by atoms with Gasteiger partial charge >= 0.3 is 5.97 Å². The number of amidine groups is 1. The Morgan fingerprint density at radius 1 is 0.895 bits per heavy atom. The molecule has 1 heterocycles. The Balaban J connectivity index is 1.52. The van der Waals surface area contributed by atoms with Crippen molar-refractivity contribution in [3.8, 4) is 11.5 Å². The van der Waals surface area contributed by atoms with Crippen molar-refractivity contribution in [3.05, 3.63) is 89.6 Å². The fraction of sp³-hybridized carbons (Fsp3) is 0.143. The van der Waals surface area contributed by atoms with E-state index in [1.54, 1.807) is 81.0 Å². The lowest BCUT2D eigenvalue weighted by Crippen LogP contribution is -2.31. The number of nitrogens with one attached hydrogen (secondary N) is 1. The second-order valence-corrected chi connectivity index (χ2v) is 8.88. The molecule has 0 bridgehead atoms. The largest absolute Gasteiger partial charge is 0.497 e. The predicted molar refractivity (Wildman–Crippen MR) is 148 cm³/mol. The summed E-state index contributed by atoms with van der Waals surface area (Å²) in [5.74, 6) is 0.298. The molecule has 3 aromatic carbocycles. The maximum absolute atomic E-state index is 13.4. The highest BCUT2D eigenvalue weighted by molar-refractivity contribution is 8.14. The summed E-state index contributed by atoms with van der Waals surface area (Å²) in [5.41, 5.74) is 2.53. The highest BCUT2D eigenvalue weighted by atomic mass is 32.2. The third kappa shape index (κ3) is 6.22. The minimum absolute atomic E-state index is 0.00728. The van der Waals surface area contributed by atoms with Gasteiger partial charge in [0.25, 0.3) is 5.91 Å². The van der Waals surface area contributed by atoms with Gasteiger partial charge in [-0.25, -0.2) is 9.79 Å². The van der Waals surface area contributed by atoms with Crippen LogP contribution in [0.5, 0.6) is 11.5 Å². The van der Waals surface area contributed by atoms with E-state index in [9.17, 15) is 14.4 Å². The molecule has 3 aromatic rings. The van der Waals surface area contributed by atoms with Crippen LogP contribution in [0.1, 0.15) is 15.9 Å². The first-order chi connectivity index (χ1) is 18.4. The molecule has 1 aliphatic heterocycles. The molecule has 0 unspecified atom stereocenters. The molecule has 38 heavy (non-hydrogen) atoms. The quantitative estimate of drug-likeness (QED) is 0.334. The van der Waals surface area contributed by atoms with E-state index in [1.807, 2.05) is 12.1 Å². The van der Waals surface area contributed by atoms with Crippen molar-refractivity contribution in [2.45, 2.75) is 0 Å². The Kier molecular flexibility index (Phi) is 8.44. The number of methoxy groups -OCH3 is 3. The van der Waals surface area contributed by atoms with Crippen LogP contribution < -0.4 is 19.7 Å². The molecule has 0 saturated carbocycles. The first kappa shape index (κ1) is 26.5. The fourth-order valence-corrected chi connectivity index (χ4v) is 4.36. The number of ether oxygens (including phenoxy) is 3. The smallest absolute Gasteiger partial charge is 0.337 e. The molecule has 10 heteroatoms. The number of hydrogen-bond donors (Lipinski definition) is 1. The molecule has 194 valence electrons. The van der Waals surface area contributed by atoms with Crippen molar-refractivity contribution in [2.75, 3.05) is 37.3 Å². The van der Waals surface area contributed by atoms with Gasteiger partial charge in [0, 0.05) is 5.69 Å². The van der Waals surface area contributed by atoms with E-state index in [2.05, 4.69) is 15.0 Å².